The summed E-state index contributed by atoms with van der Waals surface area (Å²) in [5, 5.41) is 1.04. The number of halogens is 1. The number of hydrogen-bond acceptors (Lipinski definition) is 1. The highest BCUT2D eigenvalue weighted by molar-refractivity contribution is 9.09. The molecule has 0 aromatic carbocycles. The topological polar surface area (TPSA) is 9.23 Å². The summed E-state index contributed by atoms with van der Waals surface area (Å²) < 4.78 is 6.58. The highest BCUT2D eigenvalue weighted by atomic mass is 79.9. The molecule has 0 heterocycles. The van der Waals surface area contributed by atoms with Crippen molar-refractivity contribution >= 4 is 15.9 Å². The molecular formula is C15H27BrO. The van der Waals surface area contributed by atoms with Crippen LogP contribution in [0.3, 0.4) is 0 Å². The Labute approximate surface area is 115 Å². The molecule has 0 saturated heterocycles. The summed E-state index contributed by atoms with van der Waals surface area (Å²) in [6, 6.07) is 0. The van der Waals surface area contributed by atoms with Gasteiger partial charge in [-0.2, -0.15) is 0 Å². The predicted octanol–water partition coefficient (Wildman–Crippen LogP) is 5.21. The Balaban J connectivity index is 1.91. The first-order valence-corrected chi connectivity index (χ1v) is 8.71. The molecule has 0 spiro atoms. The molecule has 0 N–H and O–H groups in total. The van der Waals surface area contributed by atoms with Crippen molar-refractivity contribution in [2.45, 2.75) is 88.8 Å². The molecule has 2 fully saturated rings. The van der Waals surface area contributed by atoms with Gasteiger partial charge in [-0.05, 0) is 25.7 Å². The fraction of sp³-hybridized carbons (Fsp3) is 1.00. The molecule has 0 amide bonds. The van der Waals surface area contributed by atoms with Crippen molar-refractivity contribution < 1.29 is 4.74 Å². The van der Waals surface area contributed by atoms with E-state index in [-0.39, 0.29) is 5.60 Å². The van der Waals surface area contributed by atoms with E-state index in [9.17, 15) is 0 Å². The van der Waals surface area contributed by atoms with E-state index in [2.05, 4.69) is 15.9 Å². The fourth-order valence-electron chi connectivity index (χ4n) is 3.37. The predicted molar refractivity (Wildman–Crippen MR) is 76.8 cm³/mol. The van der Waals surface area contributed by atoms with Crippen molar-refractivity contribution in [1.82, 2.24) is 0 Å². The van der Waals surface area contributed by atoms with Crippen LogP contribution in [0.2, 0.25) is 0 Å². The van der Waals surface area contributed by atoms with Crippen LogP contribution in [0.4, 0.5) is 0 Å². The zero-order chi connectivity index (χ0) is 12.0. The van der Waals surface area contributed by atoms with E-state index in [1.54, 1.807) is 0 Å². The highest BCUT2D eigenvalue weighted by Crippen LogP contribution is 2.35. The van der Waals surface area contributed by atoms with Crippen LogP contribution in [0.15, 0.2) is 0 Å². The number of ether oxygens (including phenoxy) is 1. The second kappa shape index (κ2) is 7.13. The van der Waals surface area contributed by atoms with Gasteiger partial charge in [0.05, 0.1) is 11.7 Å². The molecule has 2 aliphatic rings. The lowest BCUT2D eigenvalue weighted by Gasteiger charge is -2.35. The van der Waals surface area contributed by atoms with E-state index in [1.807, 2.05) is 0 Å². The maximum atomic E-state index is 6.58. The van der Waals surface area contributed by atoms with Gasteiger partial charge in [0.1, 0.15) is 0 Å². The molecule has 2 heteroatoms. The molecule has 2 saturated carbocycles. The van der Waals surface area contributed by atoms with Crippen LogP contribution in [0.25, 0.3) is 0 Å². The molecule has 100 valence electrons. The van der Waals surface area contributed by atoms with Gasteiger partial charge in [-0.3, -0.25) is 0 Å². The smallest absolute Gasteiger partial charge is 0.0782 e. The summed E-state index contributed by atoms with van der Waals surface area (Å²) >= 11 is 3.72. The number of alkyl halides is 1. The Hall–Kier alpha value is 0.440. The lowest BCUT2D eigenvalue weighted by atomic mass is 9.95. The molecule has 0 aliphatic heterocycles. The van der Waals surface area contributed by atoms with E-state index >= 15 is 0 Å². The van der Waals surface area contributed by atoms with Crippen LogP contribution in [0.5, 0.6) is 0 Å². The average Bonchev–Trinajstić information content (AvgIpc) is 2.73. The van der Waals surface area contributed by atoms with Crippen LogP contribution in [0.1, 0.15) is 77.0 Å². The maximum Gasteiger partial charge on any atom is 0.0782 e. The van der Waals surface area contributed by atoms with Crippen molar-refractivity contribution in [3.63, 3.8) is 0 Å². The van der Waals surface area contributed by atoms with Gasteiger partial charge in [0.15, 0.2) is 0 Å². The third-order valence-corrected chi connectivity index (χ3v) is 5.50. The summed E-state index contributed by atoms with van der Waals surface area (Å²) in [6.07, 6.45) is 16.8. The summed E-state index contributed by atoms with van der Waals surface area (Å²) in [6.45, 7) is 0. The molecule has 1 nitrogen and oxygen atoms in total. The van der Waals surface area contributed by atoms with Gasteiger partial charge in [-0.1, -0.05) is 67.3 Å². The number of rotatable bonds is 3. The second-order valence-corrected chi connectivity index (χ2v) is 6.52. The van der Waals surface area contributed by atoms with Gasteiger partial charge in [-0.15, -0.1) is 0 Å². The Morgan fingerprint density at radius 2 is 1.35 bits per heavy atom. The van der Waals surface area contributed by atoms with Crippen LogP contribution in [0, 0.1) is 0 Å². The van der Waals surface area contributed by atoms with Gasteiger partial charge in [0.2, 0.25) is 0 Å². The minimum atomic E-state index is 0.172. The zero-order valence-electron chi connectivity index (χ0n) is 11.1. The zero-order valence-corrected chi connectivity index (χ0v) is 12.6. The monoisotopic (exact) mass is 302 g/mol. The highest BCUT2D eigenvalue weighted by Gasteiger charge is 2.33. The molecular weight excluding hydrogens is 276 g/mol. The minimum Gasteiger partial charge on any atom is -0.371 e. The van der Waals surface area contributed by atoms with E-state index in [0.29, 0.717) is 6.10 Å². The first-order valence-electron chi connectivity index (χ1n) is 7.58. The van der Waals surface area contributed by atoms with E-state index in [1.165, 1.54) is 77.0 Å². The van der Waals surface area contributed by atoms with E-state index in [4.69, 9.17) is 4.74 Å². The molecule has 0 aromatic heterocycles. The Bertz CT molecular complexity index is 201. The van der Waals surface area contributed by atoms with Crippen molar-refractivity contribution in [2.75, 3.05) is 5.33 Å². The standard InChI is InChI=1S/C15H27BrO/c16-13-15(11-7-3-4-8-12-15)17-14-9-5-1-2-6-10-14/h14H,1-13H2. The lowest BCUT2D eigenvalue weighted by Crippen LogP contribution is -2.38. The molecule has 2 rings (SSSR count). The van der Waals surface area contributed by atoms with Crippen LogP contribution >= 0.6 is 15.9 Å². The van der Waals surface area contributed by atoms with Crippen LogP contribution < -0.4 is 0 Å². The van der Waals surface area contributed by atoms with Gasteiger partial charge in [-0.25, -0.2) is 0 Å². The summed E-state index contributed by atoms with van der Waals surface area (Å²) in [4.78, 5) is 0. The van der Waals surface area contributed by atoms with Crippen molar-refractivity contribution in [2.24, 2.45) is 0 Å². The summed E-state index contributed by atoms with van der Waals surface area (Å²) in [5.41, 5.74) is 0.172. The lowest BCUT2D eigenvalue weighted by molar-refractivity contribution is -0.0917. The minimum absolute atomic E-state index is 0.172. The molecule has 17 heavy (non-hydrogen) atoms. The summed E-state index contributed by atoms with van der Waals surface area (Å²) in [5.74, 6) is 0. The molecule has 0 aromatic rings. The number of hydrogen-bond donors (Lipinski definition) is 0. The van der Waals surface area contributed by atoms with Gasteiger partial charge in [0.25, 0.3) is 0 Å². The van der Waals surface area contributed by atoms with E-state index < -0.39 is 0 Å². The summed E-state index contributed by atoms with van der Waals surface area (Å²) in [7, 11) is 0. The molecule has 0 radical (unpaired) electrons. The van der Waals surface area contributed by atoms with Gasteiger partial charge in [0, 0.05) is 5.33 Å². The quantitative estimate of drug-likeness (QED) is 0.513. The largest absolute Gasteiger partial charge is 0.371 e. The first-order chi connectivity index (χ1) is 8.35. The molecule has 2 aliphatic carbocycles. The fourth-order valence-corrected chi connectivity index (χ4v) is 4.06. The molecule has 0 bridgehead atoms. The van der Waals surface area contributed by atoms with Crippen molar-refractivity contribution in [1.29, 1.82) is 0 Å². The molecule has 0 unspecified atom stereocenters. The van der Waals surface area contributed by atoms with Crippen molar-refractivity contribution in [3.8, 4) is 0 Å². The average molecular weight is 303 g/mol. The Morgan fingerprint density at radius 1 is 0.824 bits per heavy atom. The third-order valence-electron chi connectivity index (χ3n) is 4.48. The third kappa shape index (κ3) is 4.24. The van der Waals surface area contributed by atoms with Gasteiger partial charge < -0.3 is 4.74 Å². The Kier molecular flexibility index (Phi) is 5.82. The molecule has 0 atom stereocenters. The van der Waals surface area contributed by atoms with E-state index in [0.717, 1.165) is 5.33 Å². The van der Waals surface area contributed by atoms with Gasteiger partial charge >= 0.3 is 0 Å². The normalized spacial score (nSPS) is 27.4. The SMILES string of the molecule is BrCC1(OC2CCCCCC2)CCCCCC1. The second-order valence-electron chi connectivity index (χ2n) is 5.96. The first kappa shape index (κ1) is 13.9. The Morgan fingerprint density at radius 3 is 1.88 bits per heavy atom. The van der Waals surface area contributed by atoms with Crippen molar-refractivity contribution in [3.05, 3.63) is 0 Å². The maximum absolute atomic E-state index is 6.58. The van der Waals surface area contributed by atoms with Crippen LogP contribution in [-0.4, -0.2) is 17.0 Å². The van der Waals surface area contributed by atoms with Crippen LogP contribution in [-0.2, 0) is 4.74 Å².